The largest absolute Gasteiger partial charge is 0.383 e. The van der Waals surface area contributed by atoms with Crippen molar-refractivity contribution in [3.05, 3.63) is 34.9 Å². The lowest BCUT2D eigenvalue weighted by molar-refractivity contribution is -0.127. The van der Waals surface area contributed by atoms with Crippen molar-refractivity contribution in [3.63, 3.8) is 0 Å². The smallest absolute Gasteiger partial charge is 0.267 e. The molecular formula is C27H39N7O3S. The fourth-order valence-electron chi connectivity index (χ4n) is 4.38. The molecule has 3 rings (SSSR count). The average Bonchev–Trinajstić information content (AvgIpc) is 3.53. The van der Waals surface area contributed by atoms with Gasteiger partial charge in [0.1, 0.15) is 21.9 Å². The van der Waals surface area contributed by atoms with Crippen molar-refractivity contribution in [2.75, 3.05) is 77.6 Å². The Kier molecular flexibility index (Phi) is 11.0. The van der Waals surface area contributed by atoms with Crippen LogP contribution in [0.3, 0.4) is 0 Å². The van der Waals surface area contributed by atoms with E-state index in [1.807, 2.05) is 56.3 Å². The number of thioether (sulfide) groups is 1. The number of likely N-dealkylation sites (tertiary alicyclic amines) is 1. The van der Waals surface area contributed by atoms with Crippen molar-refractivity contribution < 1.29 is 14.4 Å². The highest BCUT2D eigenvalue weighted by molar-refractivity contribution is 8.04. The topological polar surface area (TPSA) is 112 Å². The molecule has 1 atom stereocenters. The molecule has 2 aliphatic rings. The minimum Gasteiger partial charge on any atom is -0.383 e. The average molecular weight is 542 g/mol. The molecule has 2 saturated heterocycles. The zero-order valence-electron chi connectivity index (χ0n) is 22.8. The molecule has 0 aromatic heterocycles. The van der Waals surface area contributed by atoms with Crippen molar-refractivity contribution in [2.45, 2.75) is 31.4 Å². The van der Waals surface area contributed by atoms with Crippen molar-refractivity contribution in [2.24, 2.45) is 0 Å². The third-order valence-electron chi connectivity index (χ3n) is 6.62. The van der Waals surface area contributed by atoms with E-state index < -0.39 is 5.25 Å². The maximum Gasteiger partial charge on any atom is 0.267 e. The van der Waals surface area contributed by atoms with Crippen LogP contribution in [-0.4, -0.2) is 110 Å². The van der Waals surface area contributed by atoms with E-state index in [4.69, 9.17) is 0 Å². The van der Waals surface area contributed by atoms with Crippen LogP contribution < -0.4 is 10.6 Å². The van der Waals surface area contributed by atoms with E-state index in [-0.39, 0.29) is 23.3 Å². The molecule has 10 nitrogen and oxygen atoms in total. The van der Waals surface area contributed by atoms with Crippen molar-refractivity contribution >= 4 is 40.9 Å². The highest BCUT2D eigenvalue weighted by atomic mass is 32.2. The molecule has 0 bridgehead atoms. The van der Waals surface area contributed by atoms with Crippen LogP contribution in [0, 0.1) is 11.3 Å². The number of nitriles is 1. The number of anilines is 2. The predicted octanol–water partition coefficient (Wildman–Crippen LogP) is 2.24. The van der Waals surface area contributed by atoms with Crippen molar-refractivity contribution in [1.29, 1.82) is 5.26 Å². The third-order valence-corrected chi connectivity index (χ3v) is 7.92. The fraction of sp³-hybridized carbons (Fsp3) is 0.556. The summed E-state index contributed by atoms with van der Waals surface area (Å²) in [5.74, 6) is -0.541. The molecule has 2 N–H and O–H groups in total. The van der Waals surface area contributed by atoms with Crippen LogP contribution in [0.5, 0.6) is 0 Å². The van der Waals surface area contributed by atoms with Gasteiger partial charge in [-0.1, -0.05) is 17.8 Å². The van der Waals surface area contributed by atoms with Gasteiger partial charge in [-0.25, -0.2) is 0 Å². The van der Waals surface area contributed by atoms with Gasteiger partial charge in [0.15, 0.2) is 0 Å². The summed E-state index contributed by atoms with van der Waals surface area (Å²) in [4.78, 5) is 45.8. The van der Waals surface area contributed by atoms with E-state index >= 15 is 0 Å². The molecule has 206 valence electrons. The Morgan fingerprint density at radius 1 is 1.16 bits per heavy atom. The molecular weight excluding hydrogens is 502 g/mol. The molecule has 0 aliphatic carbocycles. The van der Waals surface area contributed by atoms with Crippen molar-refractivity contribution in [1.82, 2.24) is 19.6 Å². The van der Waals surface area contributed by atoms with E-state index in [0.717, 1.165) is 25.3 Å². The Morgan fingerprint density at radius 3 is 2.53 bits per heavy atom. The SMILES string of the molecule is CCN1C(=O)C(CNc2cccc(NC(=O)CCN3CCCC3)c2)S/C1=C(/C#N)C(=O)N(C)CCN(C)C. The van der Waals surface area contributed by atoms with E-state index in [2.05, 4.69) is 15.5 Å². The van der Waals surface area contributed by atoms with Gasteiger partial charge in [-0.15, -0.1) is 0 Å². The zero-order chi connectivity index (χ0) is 27.7. The lowest BCUT2D eigenvalue weighted by Gasteiger charge is -2.21. The predicted molar refractivity (Wildman–Crippen MR) is 151 cm³/mol. The molecule has 1 unspecified atom stereocenters. The number of nitrogens with zero attached hydrogens (tertiary/aromatic N) is 5. The second-order valence-electron chi connectivity index (χ2n) is 9.82. The van der Waals surface area contributed by atoms with E-state index in [0.29, 0.717) is 43.3 Å². The quantitative estimate of drug-likeness (QED) is 0.306. The number of likely N-dealkylation sites (N-methyl/N-ethyl adjacent to an activating group) is 2. The summed E-state index contributed by atoms with van der Waals surface area (Å²) >= 11 is 1.25. The molecule has 1 aromatic carbocycles. The maximum atomic E-state index is 13.1. The first-order chi connectivity index (χ1) is 18.2. The van der Waals surface area contributed by atoms with Crippen LogP contribution in [-0.2, 0) is 14.4 Å². The van der Waals surface area contributed by atoms with Gasteiger partial charge in [-0.3, -0.25) is 14.4 Å². The summed E-state index contributed by atoms with van der Waals surface area (Å²) in [5, 5.41) is 16.0. The van der Waals surface area contributed by atoms with Crippen molar-refractivity contribution in [3.8, 4) is 6.07 Å². The van der Waals surface area contributed by atoms with Gasteiger partial charge in [-0.05, 0) is 65.1 Å². The van der Waals surface area contributed by atoms with Crippen LogP contribution in [0.15, 0.2) is 34.9 Å². The lowest BCUT2D eigenvalue weighted by Crippen LogP contribution is -2.36. The fourth-order valence-corrected chi connectivity index (χ4v) is 5.64. The molecule has 1 aromatic rings. The number of hydrogen-bond donors (Lipinski definition) is 2. The lowest BCUT2D eigenvalue weighted by atomic mass is 10.2. The number of carbonyl (C=O) groups is 3. The molecule has 2 aliphatic heterocycles. The van der Waals surface area contributed by atoms with Gasteiger partial charge in [0.05, 0.1) is 0 Å². The van der Waals surface area contributed by atoms with Crippen LogP contribution >= 0.6 is 11.8 Å². The van der Waals surface area contributed by atoms with Gasteiger partial charge in [-0.2, -0.15) is 5.26 Å². The van der Waals surface area contributed by atoms with E-state index in [1.165, 1.54) is 34.4 Å². The normalized spacial score (nSPS) is 19.0. The van der Waals surface area contributed by atoms with Gasteiger partial charge < -0.3 is 30.2 Å². The highest BCUT2D eigenvalue weighted by Crippen LogP contribution is 2.37. The number of carbonyl (C=O) groups excluding carboxylic acids is 3. The Hall–Kier alpha value is -3.07. The molecule has 38 heavy (non-hydrogen) atoms. The second-order valence-corrected chi connectivity index (χ2v) is 11.0. The molecule has 2 fully saturated rings. The van der Waals surface area contributed by atoms with Crippen LogP contribution in [0.1, 0.15) is 26.2 Å². The minimum atomic E-state index is -0.480. The second kappa shape index (κ2) is 14.2. The minimum absolute atomic E-state index is 0.00686. The Morgan fingerprint density at radius 2 is 1.87 bits per heavy atom. The Balaban J connectivity index is 1.61. The monoisotopic (exact) mass is 541 g/mol. The van der Waals surface area contributed by atoms with E-state index in [1.54, 1.807) is 7.05 Å². The Labute approximate surface area is 230 Å². The summed E-state index contributed by atoms with van der Waals surface area (Å²) in [6.07, 6.45) is 2.86. The molecule has 2 heterocycles. The summed E-state index contributed by atoms with van der Waals surface area (Å²) in [5.41, 5.74) is 1.46. The highest BCUT2D eigenvalue weighted by Gasteiger charge is 2.39. The standard InChI is InChI=1S/C27H39N7O3S/c1-5-34-26(37)23(38-27(34)22(18-28)25(36)32(4)16-15-31(2)3)19-29-20-9-8-10-21(17-20)30-24(35)11-14-33-12-6-7-13-33/h8-10,17,23,29H,5-7,11-16,19H2,1-4H3,(H,30,35)/b27-22-. The van der Waals surface area contributed by atoms with Gasteiger partial charge in [0.2, 0.25) is 11.8 Å². The molecule has 11 heteroatoms. The summed E-state index contributed by atoms with van der Waals surface area (Å²) < 4.78 is 0. The van der Waals surface area contributed by atoms with Crippen LogP contribution in [0.2, 0.25) is 0 Å². The number of benzene rings is 1. The first kappa shape index (κ1) is 29.5. The molecule has 0 radical (unpaired) electrons. The molecule has 0 saturated carbocycles. The molecule has 0 spiro atoms. The van der Waals surface area contributed by atoms with E-state index in [9.17, 15) is 19.6 Å². The third kappa shape index (κ3) is 7.96. The van der Waals surface area contributed by atoms with Crippen LogP contribution in [0.25, 0.3) is 0 Å². The maximum absolute atomic E-state index is 13.1. The summed E-state index contributed by atoms with van der Waals surface area (Å²) in [6, 6.07) is 9.45. The van der Waals surface area contributed by atoms with Gasteiger partial charge in [0, 0.05) is 57.6 Å². The number of rotatable bonds is 12. The number of amides is 3. The van der Waals surface area contributed by atoms with Gasteiger partial charge in [0.25, 0.3) is 5.91 Å². The summed E-state index contributed by atoms with van der Waals surface area (Å²) in [6.45, 7) is 6.57. The first-order valence-corrected chi connectivity index (χ1v) is 14.0. The Bertz CT molecular complexity index is 1080. The van der Waals surface area contributed by atoms with Gasteiger partial charge >= 0.3 is 0 Å². The molecule has 3 amide bonds. The number of nitrogens with one attached hydrogen (secondary N) is 2. The number of hydrogen-bond acceptors (Lipinski definition) is 8. The summed E-state index contributed by atoms with van der Waals surface area (Å²) in [7, 11) is 5.50. The van der Waals surface area contributed by atoms with Crippen LogP contribution in [0.4, 0.5) is 11.4 Å². The first-order valence-electron chi connectivity index (χ1n) is 13.1. The zero-order valence-corrected chi connectivity index (χ0v) is 23.6.